The molecule has 0 spiro atoms. The maximum absolute atomic E-state index is 8.99. The summed E-state index contributed by atoms with van der Waals surface area (Å²) in [4.78, 5) is 0. The number of halogens is 1. The topological polar surface area (TPSA) is 45.0 Å². The van der Waals surface area contributed by atoms with Gasteiger partial charge in [-0.05, 0) is 38.1 Å². The molecule has 0 unspecified atom stereocenters. The molecule has 0 saturated heterocycles. The van der Waals surface area contributed by atoms with Crippen LogP contribution in [0, 0.1) is 11.3 Å². The van der Waals surface area contributed by atoms with E-state index in [-0.39, 0.29) is 6.10 Å². The molecule has 0 bridgehead atoms. The molecule has 3 nitrogen and oxygen atoms in total. The van der Waals surface area contributed by atoms with Crippen LogP contribution in [0.15, 0.2) is 42.5 Å². The molecule has 0 aliphatic rings. The predicted molar refractivity (Wildman–Crippen MR) is 85.7 cm³/mol. The average molecular weight is 301 g/mol. The zero-order valence-electron chi connectivity index (χ0n) is 12.1. The fourth-order valence-corrected chi connectivity index (χ4v) is 2.10. The number of hydrogen-bond donors (Lipinski definition) is 1. The monoisotopic (exact) mass is 300 g/mol. The molecule has 0 fully saturated rings. The summed E-state index contributed by atoms with van der Waals surface area (Å²) in [5.74, 6) is 0.870. The summed E-state index contributed by atoms with van der Waals surface area (Å²) >= 11 is 5.93. The number of ether oxygens (including phenoxy) is 1. The number of nitrogens with one attached hydrogen (secondary N) is 1. The van der Waals surface area contributed by atoms with Crippen molar-refractivity contribution in [3.05, 3.63) is 58.6 Å². The average Bonchev–Trinajstić information content (AvgIpc) is 2.47. The Bertz CT molecular complexity index is 662. The van der Waals surface area contributed by atoms with Crippen molar-refractivity contribution in [3.63, 3.8) is 0 Å². The zero-order chi connectivity index (χ0) is 15.2. The van der Waals surface area contributed by atoms with E-state index in [2.05, 4.69) is 11.4 Å². The van der Waals surface area contributed by atoms with Crippen LogP contribution < -0.4 is 10.1 Å². The van der Waals surface area contributed by atoms with Crippen molar-refractivity contribution in [3.8, 4) is 11.8 Å². The highest BCUT2D eigenvalue weighted by molar-refractivity contribution is 6.31. The smallest absolute Gasteiger partial charge is 0.124 e. The highest BCUT2D eigenvalue weighted by Crippen LogP contribution is 2.23. The van der Waals surface area contributed by atoms with E-state index in [1.807, 2.05) is 44.2 Å². The lowest BCUT2D eigenvalue weighted by atomic mass is 10.1. The standard InChI is InChI=1S/C17H17ClN2O/c1-12(2)21-17-6-4-3-5-13(17)11-20-15-7-8-16(18)14(9-15)10-19/h3-9,12,20H,11H2,1-2H3. The van der Waals surface area contributed by atoms with Gasteiger partial charge in [0.25, 0.3) is 0 Å². The Morgan fingerprint density at radius 2 is 2.00 bits per heavy atom. The number of benzene rings is 2. The lowest BCUT2D eigenvalue weighted by Gasteiger charge is -2.15. The van der Waals surface area contributed by atoms with Crippen LogP contribution in [0.4, 0.5) is 5.69 Å². The van der Waals surface area contributed by atoms with Gasteiger partial charge in [-0.2, -0.15) is 5.26 Å². The van der Waals surface area contributed by atoms with Crippen LogP contribution >= 0.6 is 11.6 Å². The lowest BCUT2D eigenvalue weighted by molar-refractivity contribution is 0.240. The van der Waals surface area contributed by atoms with E-state index >= 15 is 0 Å². The van der Waals surface area contributed by atoms with Gasteiger partial charge in [-0.1, -0.05) is 29.8 Å². The third kappa shape index (κ3) is 4.14. The fourth-order valence-electron chi connectivity index (χ4n) is 1.94. The van der Waals surface area contributed by atoms with Crippen LogP contribution in [0.1, 0.15) is 25.0 Å². The van der Waals surface area contributed by atoms with Crippen LogP contribution in [-0.2, 0) is 6.54 Å². The summed E-state index contributed by atoms with van der Waals surface area (Å²) in [6.45, 7) is 4.63. The van der Waals surface area contributed by atoms with Crippen molar-refractivity contribution in [2.24, 2.45) is 0 Å². The van der Waals surface area contributed by atoms with Gasteiger partial charge in [0.1, 0.15) is 11.8 Å². The molecule has 0 amide bonds. The molecular formula is C17H17ClN2O. The molecule has 0 radical (unpaired) electrons. The van der Waals surface area contributed by atoms with Crippen molar-refractivity contribution in [1.29, 1.82) is 5.26 Å². The molecule has 108 valence electrons. The fraction of sp³-hybridized carbons (Fsp3) is 0.235. The van der Waals surface area contributed by atoms with Crippen molar-refractivity contribution in [1.82, 2.24) is 0 Å². The van der Waals surface area contributed by atoms with Crippen LogP contribution in [0.5, 0.6) is 5.75 Å². The maximum atomic E-state index is 8.99. The molecule has 0 saturated carbocycles. The Kier molecular flexibility index (Phi) is 5.08. The van der Waals surface area contributed by atoms with Crippen LogP contribution in [-0.4, -0.2) is 6.10 Å². The predicted octanol–water partition coefficient (Wildman–Crippen LogP) is 4.61. The largest absolute Gasteiger partial charge is 0.491 e. The Morgan fingerprint density at radius 3 is 2.71 bits per heavy atom. The molecule has 0 aliphatic heterocycles. The summed E-state index contributed by atoms with van der Waals surface area (Å²) in [5, 5.41) is 12.7. The number of nitrogens with zero attached hydrogens (tertiary/aromatic N) is 1. The van der Waals surface area contributed by atoms with Gasteiger partial charge in [0.05, 0.1) is 16.7 Å². The maximum Gasteiger partial charge on any atom is 0.124 e. The second-order valence-corrected chi connectivity index (χ2v) is 5.34. The van der Waals surface area contributed by atoms with E-state index in [1.165, 1.54) is 0 Å². The Balaban J connectivity index is 2.12. The zero-order valence-corrected chi connectivity index (χ0v) is 12.8. The van der Waals surface area contributed by atoms with Gasteiger partial charge in [-0.3, -0.25) is 0 Å². The molecule has 21 heavy (non-hydrogen) atoms. The third-order valence-corrected chi connectivity index (χ3v) is 3.23. The van der Waals surface area contributed by atoms with Crippen LogP contribution in [0.3, 0.4) is 0 Å². The summed E-state index contributed by atoms with van der Waals surface area (Å²) in [7, 11) is 0. The van der Waals surface area contributed by atoms with Gasteiger partial charge in [0, 0.05) is 17.8 Å². The van der Waals surface area contributed by atoms with Gasteiger partial charge >= 0.3 is 0 Å². The minimum atomic E-state index is 0.131. The Labute approximate surface area is 130 Å². The molecule has 2 aromatic rings. The summed E-state index contributed by atoms with van der Waals surface area (Å²) in [5.41, 5.74) is 2.39. The summed E-state index contributed by atoms with van der Waals surface area (Å²) < 4.78 is 5.78. The highest BCUT2D eigenvalue weighted by atomic mass is 35.5. The summed E-state index contributed by atoms with van der Waals surface area (Å²) in [6, 6.07) is 15.3. The first kappa shape index (κ1) is 15.2. The quantitative estimate of drug-likeness (QED) is 0.877. The van der Waals surface area contributed by atoms with E-state index in [0.717, 1.165) is 17.0 Å². The van der Waals surface area contributed by atoms with Gasteiger partial charge in [0.2, 0.25) is 0 Å². The second-order valence-electron chi connectivity index (χ2n) is 4.93. The summed E-state index contributed by atoms with van der Waals surface area (Å²) in [6.07, 6.45) is 0.131. The van der Waals surface area contributed by atoms with Crippen molar-refractivity contribution in [2.75, 3.05) is 5.32 Å². The third-order valence-electron chi connectivity index (χ3n) is 2.91. The van der Waals surface area contributed by atoms with E-state index in [9.17, 15) is 0 Å². The highest BCUT2D eigenvalue weighted by Gasteiger charge is 2.06. The Morgan fingerprint density at radius 1 is 1.24 bits per heavy atom. The van der Waals surface area contributed by atoms with E-state index in [4.69, 9.17) is 21.6 Å². The van der Waals surface area contributed by atoms with Crippen LogP contribution in [0.25, 0.3) is 0 Å². The minimum Gasteiger partial charge on any atom is -0.491 e. The van der Waals surface area contributed by atoms with Gasteiger partial charge in [-0.15, -0.1) is 0 Å². The van der Waals surface area contributed by atoms with Crippen molar-refractivity contribution >= 4 is 17.3 Å². The molecule has 2 rings (SSSR count). The molecule has 4 heteroatoms. The number of anilines is 1. The molecule has 0 atom stereocenters. The van der Waals surface area contributed by atoms with Crippen molar-refractivity contribution < 1.29 is 4.74 Å². The van der Waals surface area contributed by atoms with Crippen molar-refractivity contribution in [2.45, 2.75) is 26.5 Å². The molecule has 2 aromatic carbocycles. The first-order valence-electron chi connectivity index (χ1n) is 6.78. The van der Waals surface area contributed by atoms with E-state index < -0.39 is 0 Å². The molecule has 0 aromatic heterocycles. The minimum absolute atomic E-state index is 0.131. The molecule has 0 heterocycles. The first-order valence-corrected chi connectivity index (χ1v) is 7.16. The number of hydrogen-bond acceptors (Lipinski definition) is 3. The molecule has 0 aliphatic carbocycles. The first-order chi connectivity index (χ1) is 10.1. The molecular weight excluding hydrogens is 284 g/mol. The van der Waals surface area contributed by atoms with Gasteiger partial charge in [0.15, 0.2) is 0 Å². The normalized spacial score (nSPS) is 10.2. The number of nitriles is 1. The lowest BCUT2D eigenvalue weighted by Crippen LogP contribution is -2.09. The second kappa shape index (κ2) is 7.01. The molecule has 1 N–H and O–H groups in total. The van der Waals surface area contributed by atoms with E-state index in [0.29, 0.717) is 17.1 Å². The SMILES string of the molecule is CC(C)Oc1ccccc1CNc1ccc(Cl)c(C#N)c1. The van der Waals surface area contributed by atoms with Gasteiger partial charge < -0.3 is 10.1 Å². The number of para-hydroxylation sites is 1. The number of rotatable bonds is 5. The van der Waals surface area contributed by atoms with E-state index in [1.54, 1.807) is 12.1 Å². The Hall–Kier alpha value is -2.18. The van der Waals surface area contributed by atoms with Gasteiger partial charge in [-0.25, -0.2) is 0 Å². The van der Waals surface area contributed by atoms with Crippen LogP contribution in [0.2, 0.25) is 5.02 Å².